The predicted molar refractivity (Wildman–Crippen MR) is 50.1 cm³/mol. The molecule has 0 spiro atoms. The van der Waals surface area contributed by atoms with E-state index < -0.39 is 0 Å². The monoisotopic (exact) mass is 186 g/mol. The Morgan fingerprint density at radius 1 is 1.67 bits per heavy atom. The molecule has 2 rings (SSSR count). The quantitative estimate of drug-likeness (QED) is 0.670. The van der Waals surface area contributed by atoms with Gasteiger partial charge in [-0.3, -0.25) is 0 Å². The summed E-state index contributed by atoms with van der Waals surface area (Å²) < 4.78 is 5.41. The molecule has 66 valence electrons. The summed E-state index contributed by atoms with van der Waals surface area (Å²) in [6, 6.07) is 4.15. The number of fused-ring (bicyclic) bond motifs is 1. The Labute approximate surface area is 77.6 Å². The van der Waals surface area contributed by atoms with Crippen molar-refractivity contribution in [2.24, 2.45) is 0 Å². The largest absolute Gasteiger partial charge is 0.488 e. The van der Waals surface area contributed by atoms with E-state index >= 15 is 0 Å². The average Bonchev–Trinajstić information content (AvgIpc) is 2.04. The lowest BCUT2D eigenvalue weighted by Gasteiger charge is -2.23. The SMILES string of the molecule is C[C@@H]1COc2cccnc2N1.Cl. The topological polar surface area (TPSA) is 34.1 Å². The number of aromatic nitrogens is 1. The fourth-order valence-corrected chi connectivity index (χ4v) is 1.11. The zero-order chi connectivity index (χ0) is 7.68. The molecular weight excluding hydrogens is 176 g/mol. The molecule has 2 heterocycles. The fourth-order valence-electron chi connectivity index (χ4n) is 1.11. The minimum absolute atomic E-state index is 0. The van der Waals surface area contributed by atoms with Crippen LogP contribution in [0.25, 0.3) is 0 Å². The Morgan fingerprint density at radius 2 is 2.50 bits per heavy atom. The maximum absolute atomic E-state index is 5.41. The summed E-state index contributed by atoms with van der Waals surface area (Å²) in [5.41, 5.74) is 0. The molecule has 1 aromatic heterocycles. The molecule has 12 heavy (non-hydrogen) atoms. The predicted octanol–water partition coefficient (Wildman–Crippen LogP) is 1.70. The van der Waals surface area contributed by atoms with Gasteiger partial charge in [-0.1, -0.05) is 0 Å². The molecule has 0 unspecified atom stereocenters. The van der Waals surface area contributed by atoms with Crippen LogP contribution in [0.5, 0.6) is 5.75 Å². The van der Waals surface area contributed by atoms with E-state index in [9.17, 15) is 0 Å². The highest BCUT2D eigenvalue weighted by atomic mass is 35.5. The molecule has 1 aromatic rings. The van der Waals surface area contributed by atoms with Gasteiger partial charge in [-0.2, -0.15) is 0 Å². The maximum Gasteiger partial charge on any atom is 0.169 e. The van der Waals surface area contributed by atoms with Crippen LogP contribution in [-0.4, -0.2) is 17.6 Å². The number of ether oxygens (including phenoxy) is 1. The lowest BCUT2D eigenvalue weighted by molar-refractivity contribution is 0.290. The van der Waals surface area contributed by atoms with Crippen molar-refractivity contribution in [3.63, 3.8) is 0 Å². The van der Waals surface area contributed by atoms with Crippen molar-refractivity contribution in [1.29, 1.82) is 0 Å². The number of rotatable bonds is 0. The van der Waals surface area contributed by atoms with Gasteiger partial charge in [-0.25, -0.2) is 4.98 Å². The lowest BCUT2D eigenvalue weighted by atomic mass is 10.3. The third kappa shape index (κ3) is 1.61. The van der Waals surface area contributed by atoms with E-state index in [-0.39, 0.29) is 12.4 Å². The summed E-state index contributed by atoms with van der Waals surface area (Å²) in [6.07, 6.45) is 1.76. The van der Waals surface area contributed by atoms with E-state index in [2.05, 4.69) is 17.2 Å². The van der Waals surface area contributed by atoms with Gasteiger partial charge >= 0.3 is 0 Å². The number of nitrogens with one attached hydrogen (secondary N) is 1. The van der Waals surface area contributed by atoms with Crippen molar-refractivity contribution in [3.8, 4) is 5.75 Å². The van der Waals surface area contributed by atoms with Crippen molar-refractivity contribution < 1.29 is 4.74 Å². The van der Waals surface area contributed by atoms with Crippen LogP contribution in [0.1, 0.15) is 6.92 Å². The van der Waals surface area contributed by atoms with Crippen LogP contribution in [0, 0.1) is 0 Å². The van der Waals surface area contributed by atoms with Gasteiger partial charge in [0, 0.05) is 6.20 Å². The molecule has 0 amide bonds. The zero-order valence-electron chi connectivity index (χ0n) is 6.78. The van der Waals surface area contributed by atoms with Crippen LogP contribution in [0.2, 0.25) is 0 Å². The van der Waals surface area contributed by atoms with Crippen molar-refractivity contribution in [1.82, 2.24) is 4.98 Å². The van der Waals surface area contributed by atoms with E-state index in [4.69, 9.17) is 4.74 Å². The molecule has 4 heteroatoms. The van der Waals surface area contributed by atoms with Crippen molar-refractivity contribution in [2.75, 3.05) is 11.9 Å². The van der Waals surface area contributed by atoms with Crippen LogP contribution in [0.4, 0.5) is 5.82 Å². The lowest BCUT2D eigenvalue weighted by Crippen LogP contribution is -2.28. The summed E-state index contributed by atoms with van der Waals surface area (Å²) in [7, 11) is 0. The first-order valence-electron chi connectivity index (χ1n) is 3.70. The molecule has 0 aliphatic carbocycles. The highest BCUT2D eigenvalue weighted by molar-refractivity contribution is 5.85. The molecule has 0 fully saturated rings. The van der Waals surface area contributed by atoms with E-state index in [0.717, 1.165) is 18.2 Å². The van der Waals surface area contributed by atoms with Crippen LogP contribution in [0.3, 0.4) is 0 Å². The molecule has 0 saturated carbocycles. The van der Waals surface area contributed by atoms with Gasteiger partial charge in [0.1, 0.15) is 6.61 Å². The molecule has 1 atom stereocenters. The Hall–Kier alpha value is -0.960. The summed E-state index contributed by atoms with van der Waals surface area (Å²) >= 11 is 0. The van der Waals surface area contributed by atoms with Crippen LogP contribution >= 0.6 is 12.4 Å². The van der Waals surface area contributed by atoms with Gasteiger partial charge in [-0.15, -0.1) is 12.4 Å². The highest BCUT2D eigenvalue weighted by Gasteiger charge is 2.14. The molecule has 1 aliphatic heterocycles. The molecule has 0 bridgehead atoms. The first-order valence-corrected chi connectivity index (χ1v) is 3.70. The number of hydrogen-bond donors (Lipinski definition) is 1. The molecular formula is C8H11ClN2O. The standard InChI is InChI=1S/C8H10N2O.ClH/c1-6-5-11-7-3-2-4-9-8(7)10-6;/h2-4,6H,5H2,1H3,(H,9,10);1H/t6-;/m1./s1. The number of anilines is 1. The molecule has 0 radical (unpaired) electrons. The van der Waals surface area contributed by atoms with Crippen molar-refractivity contribution >= 4 is 18.2 Å². The number of hydrogen-bond acceptors (Lipinski definition) is 3. The Kier molecular flexibility index (Phi) is 2.76. The van der Waals surface area contributed by atoms with Crippen LogP contribution < -0.4 is 10.1 Å². The number of halogens is 1. The second-order valence-electron chi connectivity index (χ2n) is 2.71. The molecule has 0 aromatic carbocycles. The molecule has 1 aliphatic rings. The third-order valence-electron chi connectivity index (χ3n) is 1.64. The van der Waals surface area contributed by atoms with Gasteiger partial charge in [0.05, 0.1) is 6.04 Å². The summed E-state index contributed by atoms with van der Waals surface area (Å²) in [5, 5.41) is 3.22. The van der Waals surface area contributed by atoms with E-state index in [1.807, 2.05) is 12.1 Å². The fraction of sp³-hybridized carbons (Fsp3) is 0.375. The molecule has 0 saturated heterocycles. The minimum Gasteiger partial charge on any atom is -0.488 e. The maximum atomic E-state index is 5.41. The van der Waals surface area contributed by atoms with Gasteiger partial charge < -0.3 is 10.1 Å². The first-order chi connectivity index (χ1) is 5.36. The number of nitrogens with zero attached hydrogens (tertiary/aromatic N) is 1. The Morgan fingerprint density at radius 3 is 3.33 bits per heavy atom. The highest BCUT2D eigenvalue weighted by Crippen LogP contribution is 2.24. The molecule has 3 nitrogen and oxygen atoms in total. The van der Waals surface area contributed by atoms with Crippen LogP contribution in [0.15, 0.2) is 18.3 Å². The smallest absolute Gasteiger partial charge is 0.169 e. The molecule has 1 N–H and O–H groups in total. The minimum atomic E-state index is 0. The Bertz CT molecular complexity index is 267. The van der Waals surface area contributed by atoms with Crippen LogP contribution in [-0.2, 0) is 0 Å². The van der Waals surface area contributed by atoms with Gasteiger partial charge in [0.25, 0.3) is 0 Å². The summed E-state index contributed by atoms with van der Waals surface area (Å²) in [5.74, 6) is 1.71. The van der Waals surface area contributed by atoms with Gasteiger partial charge in [0.15, 0.2) is 11.6 Å². The third-order valence-corrected chi connectivity index (χ3v) is 1.64. The summed E-state index contributed by atoms with van der Waals surface area (Å²) in [4.78, 5) is 4.13. The van der Waals surface area contributed by atoms with E-state index in [1.54, 1.807) is 6.20 Å². The van der Waals surface area contributed by atoms with Gasteiger partial charge in [0.2, 0.25) is 0 Å². The van der Waals surface area contributed by atoms with E-state index in [1.165, 1.54) is 0 Å². The van der Waals surface area contributed by atoms with Crippen molar-refractivity contribution in [2.45, 2.75) is 13.0 Å². The van der Waals surface area contributed by atoms with E-state index in [0.29, 0.717) is 6.04 Å². The second kappa shape index (κ2) is 3.63. The Balaban J connectivity index is 0.000000720. The average molecular weight is 187 g/mol. The second-order valence-corrected chi connectivity index (χ2v) is 2.71. The van der Waals surface area contributed by atoms with Crippen molar-refractivity contribution in [3.05, 3.63) is 18.3 Å². The normalized spacial score (nSPS) is 19.6. The first kappa shape index (κ1) is 9.13. The zero-order valence-corrected chi connectivity index (χ0v) is 7.60. The summed E-state index contributed by atoms with van der Waals surface area (Å²) in [6.45, 7) is 2.79. The number of pyridine rings is 1. The van der Waals surface area contributed by atoms with Gasteiger partial charge in [-0.05, 0) is 19.1 Å².